The number of carbonyl (C=O) groups is 2. The van der Waals surface area contributed by atoms with Crippen LogP contribution in [0.2, 0.25) is 0 Å². The maximum atomic E-state index is 12.7. The van der Waals surface area contributed by atoms with E-state index in [1.807, 2.05) is 65.4 Å². The topological polar surface area (TPSA) is 67.2 Å². The van der Waals surface area contributed by atoms with Gasteiger partial charge in [0.05, 0.1) is 17.9 Å². The number of hydrogen-bond donors (Lipinski definition) is 1. The van der Waals surface area contributed by atoms with E-state index in [9.17, 15) is 9.59 Å². The van der Waals surface area contributed by atoms with E-state index in [1.54, 1.807) is 18.3 Å². The van der Waals surface area contributed by atoms with E-state index in [4.69, 9.17) is 0 Å². The predicted molar refractivity (Wildman–Crippen MR) is 107 cm³/mol. The van der Waals surface area contributed by atoms with Gasteiger partial charge in [-0.05, 0) is 30.7 Å². The summed E-state index contributed by atoms with van der Waals surface area (Å²) in [5.74, 6) is -0.150. The zero-order valence-corrected chi connectivity index (χ0v) is 15.7. The first kappa shape index (κ1) is 18.0. The van der Waals surface area contributed by atoms with E-state index >= 15 is 0 Å². The van der Waals surface area contributed by atoms with Crippen LogP contribution in [-0.4, -0.2) is 46.4 Å². The van der Waals surface area contributed by atoms with Gasteiger partial charge in [-0.2, -0.15) is 0 Å². The molecule has 0 aliphatic carbocycles. The first-order valence-corrected chi connectivity index (χ1v) is 9.36. The fourth-order valence-corrected chi connectivity index (χ4v) is 3.54. The van der Waals surface area contributed by atoms with Gasteiger partial charge in [0, 0.05) is 43.1 Å². The van der Waals surface area contributed by atoms with E-state index in [2.05, 4.69) is 10.3 Å². The van der Waals surface area contributed by atoms with Crippen molar-refractivity contribution in [2.75, 3.05) is 20.1 Å². The van der Waals surface area contributed by atoms with Crippen molar-refractivity contribution < 1.29 is 9.59 Å². The van der Waals surface area contributed by atoms with E-state index in [-0.39, 0.29) is 17.7 Å². The number of amides is 2. The number of rotatable bonds is 4. The third kappa shape index (κ3) is 3.53. The standard InChI is InChI=1S/C22H22N4O2/c1-23-21(27)18-11-12-25(13-18)22(28)17-9-7-16(8-10-17)20-14-26(15-24-20)19-5-3-2-4-6-19/h2-10,14-15,18H,11-13H2,1H3,(H,23,27). The van der Waals surface area contributed by atoms with Gasteiger partial charge in [-0.3, -0.25) is 9.59 Å². The Bertz CT molecular complexity index is 979. The molecule has 142 valence electrons. The third-order valence-electron chi connectivity index (χ3n) is 5.16. The zero-order valence-electron chi connectivity index (χ0n) is 15.7. The highest BCUT2D eigenvalue weighted by Gasteiger charge is 2.30. The Labute approximate surface area is 163 Å². The molecular formula is C22H22N4O2. The van der Waals surface area contributed by atoms with Crippen LogP contribution in [-0.2, 0) is 4.79 Å². The molecule has 0 bridgehead atoms. The lowest BCUT2D eigenvalue weighted by Gasteiger charge is -2.16. The summed E-state index contributed by atoms with van der Waals surface area (Å²) in [4.78, 5) is 30.7. The normalized spacial score (nSPS) is 16.2. The zero-order chi connectivity index (χ0) is 19.5. The number of aromatic nitrogens is 2. The average molecular weight is 374 g/mol. The fraction of sp³-hybridized carbons (Fsp3) is 0.227. The Morgan fingerprint density at radius 1 is 1.07 bits per heavy atom. The third-order valence-corrected chi connectivity index (χ3v) is 5.16. The first-order valence-electron chi connectivity index (χ1n) is 9.36. The molecule has 6 nitrogen and oxygen atoms in total. The highest BCUT2D eigenvalue weighted by Crippen LogP contribution is 2.22. The monoisotopic (exact) mass is 374 g/mol. The molecule has 1 N–H and O–H groups in total. The van der Waals surface area contributed by atoms with Crippen molar-refractivity contribution in [2.24, 2.45) is 5.92 Å². The maximum Gasteiger partial charge on any atom is 0.253 e. The molecule has 0 spiro atoms. The number of benzene rings is 2. The largest absolute Gasteiger partial charge is 0.359 e. The summed E-state index contributed by atoms with van der Waals surface area (Å²) in [6.45, 7) is 1.09. The van der Waals surface area contributed by atoms with E-state index in [1.165, 1.54) is 0 Å². The summed E-state index contributed by atoms with van der Waals surface area (Å²) < 4.78 is 1.97. The number of carbonyl (C=O) groups excluding carboxylic acids is 2. The number of nitrogens with zero attached hydrogens (tertiary/aromatic N) is 3. The predicted octanol–water partition coefficient (Wildman–Crippen LogP) is 2.75. The van der Waals surface area contributed by atoms with Gasteiger partial charge in [0.15, 0.2) is 0 Å². The number of para-hydroxylation sites is 1. The molecule has 0 saturated carbocycles. The van der Waals surface area contributed by atoms with Crippen molar-refractivity contribution in [1.82, 2.24) is 19.8 Å². The van der Waals surface area contributed by atoms with Crippen LogP contribution in [0.5, 0.6) is 0 Å². The van der Waals surface area contributed by atoms with Gasteiger partial charge in [0.25, 0.3) is 5.91 Å². The molecule has 28 heavy (non-hydrogen) atoms. The smallest absolute Gasteiger partial charge is 0.253 e. The van der Waals surface area contributed by atoms with Gasteiger partial charge in [0.1, 0.15) is 0 Å². The SMILES string of the molecule is CNC(=O)C1CCN(C(=O)c2ccc(-c3cn(-c4ccccc4)cn3)cc2)C1. The molecule has 6 heteroatoms. The van der Waals surface area contributed by atoms with Gasteiger partial charge in [-0.25, -0.2) is 4.98 Å². The second-order valence-corrected chi connectivity index (χ2v) is 6.93. The fourth-order valence-electron chi connectivity index (χ4n) is 3.54. The first-order chi connectivity index (χ1) is 13.7. The highest BCUT2D eigenvalue weighted by atomic mass is 16.2. The van der Waals surface area contributed by atoms with Crippen LogP contribution in [0.15, 0.2) is 67.1 Å². The number of imidazole rings is 1. The van der Waals surface area contributed by atoms with Crippen LogP contribution >= 0.6 is 0 Å². The molecule has 1 atom stereocenters. The van der Waals surface area contributed by atoms with Crippen LogP contribution in [0, 0.1) is 5.92 Å². The van der Waals surface area contributed by atoms with Crippen LogP contribution in [0.1, 0.15) is 16.8 Å². The quantitative estimate of drug-likeness (QED) is 0.764. The van der Waals surface area contributed by atoms with Gasteiger partial charge < -0.3 is 14.8 Å². The summed E-state index contributed by atoms with van der Waals surface area (Å²) in [5.41, 5.74) is 3.48. The molecule has 2 amide bonds. The highest BCUT2D eigenvalue weighted by molar-refractivity contribution is 5.95. The number of nitrogens with one attached hydrogen (secondary N) is 1. The summed E-state index contributed by atoms with van der Waals surface area (Å²) in [5, 5.41) is 2.66. The van der Waals surface area contributed by atoms with Crippen LogP contribution in [0.3, 0.4) is 0 Å². The number of likely N-dealkylation sites (tertiary alicyclic amines) is 1. The van der Waals surface area contributed by atoms with Crippen LogP contribution in [0.4, 0.5) is 0 Å². The molecule has 0 radical (unpaired) electrons. The molecule has 4 rings (SSSR count). The van der Waals surface area contributed by atoms with Crippen molar-refractivity contribution in [1.29, 1.82) is 0 Å². The minimum absolute atomic E-state index is 0.000324. The summed E-state index contributed by atoms with van der Waals surface area (Å²) in [6, 6.07) is 17.5. The van der Waals surface area contributed by atoms with E-state index in [0.29, 0.717) is 25.1 Å². The Hall–Kier alpha value is -3.41. The number of hydrogen-bond acceptors (Lipinski definition) is 3. The second-order valence-electron chi connectivity index (χ2n) is 6.93. The van der Waals surface area contributed by atoms with Crippen LogP contribution < -0.4 is 5.32 Å². The molecule has 1 aliphatic rings. The Morgan fingerprint density at radius 3 is 2.54 bits per heavy atom. The minimum Gasteiger partial charge on any atom is -0.359 e. The molecule has 1 unspecified atom stereocenters. The molecule has 3 aromatic rings. The van der Waals surface area contributed by atoms with Crippen molar-refractivity contribution >= 4 is 11.8 Å². The summed E-state index contributed by atoms with van der Waals surface area (Å²) >= 11 is 0. The molecule has 1 saturated heterocycles. The van der Waals surface area contributed by atoms with E-state index < -0.39 is 0 Å². The molecule has 1 fully saturated rings. The minimum atomic E-state index is -0.116. The van der Waals surface area contributed by atoms with Crippen molar-refractivity contribution in [2.45, 2.75) is 6.42 Å². The van der Waals surface area contributed by atoms with E-state index in [0.717, 1.165) is 16.9 Å². The lowest BCUT2D eigenvalue weighted by Crippen LogP contribution is -2.33. The lowest BCUT2D eigenvalue weighted by molar-refractivity contribution is -0.124. The Balaban J connectivity index is 1.47. The second kappa shape index (κ2) is 7.68. The molecule has 2 heterocycles. The Kier molecular flexibility index (Phi) is 4.93. The van der Waals surface area contributed by atoms with Crippen molar-refractivity contribution in [3.8, 4) is 16.9 Å². The van der Waals surface area contributed by atoms with Crippen LogP contribution in [0.25, 0.3) is 16.9 Å². The van der Waals surface area contributed by atoms with Gasteiger partial charge in [0.2, 0.25) is 5.91 Å². The summed E-state index contributed by atoms with van der Waals surface area (Å²) in [7, 11) is 1.63. The molecular weight excluding hydrogens is 352 g/mol. The summed E-state index contributed by atoms with van der Waals surface area (Å²) in [6.07, 6.45) is 4.47. The Morgan fingerprint density at radius 2 is 1.82 bits per heavy atom. The lowest BCUT2D eigenvalue weighted by atomic mass is 10.1. The maximum absolute atomic E-state index is 12.7. The molecule has 2 aromatic carbocycles. The van der Waals surface area contributed by atoms with Gasteiger partial charge >= 0.3 is 0 Å². The molecule has 1 aliphatic heterocycles. The van der Waals surface area contributed by atoms with Crippen molar-refractivity contribution in [3.63, 3.8) is 0 Å². The molecule has 1 aromatic heterocycles. The van der Waals surface area contributed by atoms with Gasteiger partial charge in [-0.1, -0.05) is 30.3 Å². The van der Waals surface area contributed by atoms with Gasteiger partial charge in [-0.15, -0.1) is 0 Å². The average Bonchev–Trinajstić information content (AvgIpc) is 3.44. The van der Waals surface area contributed by atoms with Crippen molar-refractivity contribution in [3.05, 3.63) is 72.7 Å².